The first-order valence-electron chi connectivity index (χ1n) is 18.6. The van der Waals surface area contributed by atoms with Crippen LogP contribution in [0.25, 0.3) is 10.8 Å². The third-order valence-corrected chi connectivity index (χ3v) is 10.6. The van der Waals surface area contributed by atoms with E-state index in [2.05, 4.69) is 71.0 Å². The number of rotatable bonds is 8. The standard InChI is InChI=1S/C25H26O3.C11H12O2.C10H14O/c1-3-17(2)21-10-6-12-23-22(21)11-7-13-24(23)25(26)28-16-27-20-14-18-8-4-5-9-19(18)15-20;1-7-8(2)11(12)13-10-6-4-3-5-9(7)10;1-3-8(2)9-4-6-10(11)7-5-9/h4-13,17,20H,3,14-16H2,1-2H3;3-8H,1-2H3;4-8,11H,3H2,1-2H3. The molecule has 2 aliphatic rings. The lowest BCUT2D eigenvalue weighted by molar-refractivity contribution is -0.140. The van der Waals surface area contributed by atoms with E-state index >= 15 is 0 Å². The van der Waals surface area contributed by atoms with Crippen molar-refractivity contribution in [2.45, 2.75) is 91.1 Å². The topological polar surface area (TPSA) is 82.1 Å². The van der Waals surface area contributed by atoms with Crippen LogP contribution in [0.5, 0.6) is 11.5 Å². The van der Waals surface area contributed by atoms with Gasteiger partial charge in [-0.15, -0.1) is 0 Å². The van der Waals surface area contributed by atoms with Gasteiger partial charge >= 0.3 is 11.9 Å². The Balaban J connectivity index is 0.000000179. The number of hydrogen-bond acceptors (Lipinski definition) is 6. The molecule has 272 valence electrons. The van der Waals surface area contributed by atoms with Crippen molar-refractivity contribution in [2.75, 3.05) is 6.79 Å². The first-order chi connectivity index (χ1) is 25.1. The zero-order valence-corrected chi connectivity index (χ0v) is 31.3. The largest absolute Gasteiger partial charge is 0.508 e. The fourth-order valence-corrected chi connectivity index (χ4v) is 6.72. The van der Waals surface area contributed by atoms with Crippen LogP contribution >= 0.6 is 0 Å². The van der Waals surface area contributed by atoms with E-state index in [1.165, 1.54) is 22.3 Å². The normalized spacial score (nSPS) is 17.3. The molecule has 0 saturated heterocycles. The Morgan fingerprint density at radius 2 is 1.37 bits per heavy atom. The number of benzene rings is 5. The molecule has 5 aromatic carbocycles. The average molecular weight is 701 g/mol. The molecule has 1 aliphatic heterocycles. The number of fused-ring (bicyclic) bond motifs is 3. The predicted molar refractivity (Wildman–Crippen MR) is 208 cm³/mol. The van der Waals surface area contributed by atoms with Crippen LogP contribution in [0, 0.1) is 5.92 Å². The molecule has 0 amide bonds. The smallest absolute Gasteiger partial charge is 0.340 e. The maximum Gasteiger partial charge on any atom is 0.340 e. The minimum Gasteiger partial charge on any atom is -0.508 e. The second kappa shape index (κ2) is 18.0. The van der Waals surface area contributed by atoms with Gasteiger partial charge < -0.3 is 19.3 Å². The molecular formula is C46H52O6. The number of para-hydroxylation sites is 1. The Labute approximate surface area is 308 Å². The summed E-state index contributed by atoms with van der Waals surface area (Å²) in [6, 6.07) is 35.5. The molecule has 1 aliphatic carbocycles. The molecule has 1 heterocycles. The lowest BCUT2D eigenvalue weighted by Gasteiger charge is -2.26. The van der Waals surface area contributed by atoms with Gasteiger partial charge in [-0.25, -0.2) is 4.79 Å². The summed E-state index contributed by atoms with van der Waals surface area (Å²) < 4.78 is 16.5. The zero-order valence-electron chi connectivity index (χ0n) is 31.3. The van der Waals surface area contributed by atoms with Crippen LogP contribution in [0.3, 0.4) is 0 Å². The first-order valence-corrected chi connectivity index (χ1v) is 18.6. The van der Waals surface area contributed by atoms with Gasteiger partial charge in [0.05, 0.1) is 17.6 Å². The summed E-state index contributed by atoms with van der Waals surface area (Å²) in [7, 11) is 0. The van der Waals surface area contributed by atoms with E-state index in [4.69, 9.17) is 19.3 Å². The van der Waals surface area contributed by atoms with Crippen molar-refractivity contribution in [2.24, 2.45) is 5.92 Å². The van der Waals surface area contributed by atoms with Crippen molar-refractivity contribution < 1.29 is 28.9 Å². The summed E-state index contributed by atoms with van der Waals surface area (Å²) in [4.78, 5) is 24.0. The summed E-state index contributed by atoms with van der Waals surface area (Å²) in [5, 5.41) is 11.1. The molecule has 6 heteroatoms. The summed E-state index contributed by atoms with van der Waals surface area (Å²) in [6.45, 7) is 12.7. The Bertz CT molecular complexity index is 1920. The van der Waals surface area contributed by atoms with E-state index in [9.17, 15) is 9.59 Å². The molecule has 0 saturated carbocycles. The van der Waals surface area contributed by atoms with E-state index in [0.29, 0.717) is 23.1 Å². The van der Waals surface area contributed by atoms with Gasteiger partial charge in [0.1, 0.15) is 11.5 Å². The summed E-state index contributed by atoms with van der Waals surface area (Å²) in [6.07, 6.45) is 4.03. The second-order valence-corrected chi connectivity index (χ2v) is 14.0. The maximum atomic E-state index is 12.7. The number of hydrogen-bond donors (Lipinski definition) is 1. The minimum atomic E-state index is -0.331. The maximum absolute atomic E-state index is 12.7. The highest BCUT2D eigenvalue weighted by molar-refractivity contribution is 6.05. The molecule has 0 radical (unpaired) electrons. The molecule has 0 bridgehead atoms. The van der Waals surface area contributed by atoms with Crippen LogP contribution in [0.2, 0.25) is 0 Å². The van der Waals surface area contributed by atoms with Gasteiger partial charge in [-0.3, -0.25) is 4.79 Å². The van der Waals surface area contributed by atoms with Crippen LogP contribution < -0.4 is 4.74 Å². The number of esters is 2. The van der Waals surface area contributed by atoms with Crippen LogP contribution in [-0.2, 0) is 27.1 Å². The molecule has 0 aromatic heterocycles. The second-order valence-electron chi connectivity index (χ2n) is 14.0. The zero-order chi connectivity index (χ0) is 37.2. The Hall–Kier alpha value is -4.94. The molecule has 6 nitrogen and oxygen atoms in total. The van der Waals surface area contributed by atoms with Crippen LogP contribution in [0.4, 0.5) is 0 Å². The van der Waals surface area contributed by atoms with Crippen molar-refractivity contribution in [3.8, 4) is 11.5 Å². The molecule has 0 spiro atoms. The summed E-state index contributed by atoms with van der Waals surface area (Å²) in [5.74, 6) is 1.88. The molecular weight excluding hydrogens is 648 g/mol. The van der Waals surface area contributed by atoms with Gasteiger partial charge in [-0.2, -0.15) is 0 Å². The van der Waals surface area contributed by atoms with E-state index in [0.717, 1.165) is 47.8 Å². The Kier molecular flexibility index (Phi) is 13.3. The first kappa shape index (κ1) is 38.3. The molecule has 5 aromatic rings. The Morgan fingerprint density at radius 3 is 2.04 bits per heavy atom. The fraction of sp³-hybridized carbons (Fsp3) is 0.348. The monoisotopic (exact) mass is 700 g/mol. The van der Waals surface area contributed by atoms with Crippen molar-refractivity contribution in [3.63, 3.8) is 0 Å². The Morgan fingerprint density at radius 1 is 0.750 bits per heavy atom. The molecule has 0 fully saturated rings. The fourth-order valence-electron chi connectivity index (χ4n) is 6.72. The third-order valence-electron chi connectivity index (χ3n) is 10.6. The lowest BCUT2D eigenvalue weighted by atomic mass is 9.86. The number of phenolic OH excluding ortho intramolecular Hbond substituents is 1. The molecule has 1 N–H and O–H groups in total. The van der Waals surface area contributed by atoms with Gasteiger partial charge in [0.25, 0.3) is 0 Å². The van der Waals surface area contributed by atoms with Gasteiger partial charge in [-0.1, -0.05) is 126 Å². The molecule has 4 unspecified atom stereocenters. The summed E-state index contributed by atoms with van der Waals surface area (Å²) in [5.41, 5.74) is 6.95. The summed E-state index contributed by atoms with van der Waals surface area (Å²) >= 11 is 0. The SMILES string of the molecule is CC1C(=O)Oc2ccccc2C1C.CCC(C)c1ccc(O)cc1.CCC(C)c1cccc2c(C(=O)OCOC3Cc4ccccc4C3)cccc12. The predicted octanol–water partition coefficient (Wildman–Crippen LogP) is 10.9. The van der Waals surface area contributed by atoms with Crippen molar-refractivity contribution in [3.05, 3.63) is 143 Å². The van der Waals surface area contributed by atoms with Gasteiger partial charge in [0, 0.05) is 0 Å². The van der Waals surface area contributed by atoms with Crippen LogP contribution in [0.15, 0.2) is 109 Å². The van der Waals surface area contributed by atoms with Crippen LogP contribution in [-0.4, -0.2) is 29.9 Å². The van der Waals surface area contributed by atoms with Gasteiger partial charge in [0.15, 0.2) is 6.79 Å². The quantitative estimate of drug-likeness (QED) is 0.0986. The van der Waals surface area contributed by atoms with E-state index in [-0.39, 0.29) is 36.7 Å². The minimum absolute atomic E-state index is 0.0150. The molecule has 52 heavy (non-hydrogen) atoms. The van der Waals surface area contributed by atoms with E-state index in [1.54, 1.807) is 12.1 Å². The van der Waals surface area contributed by atoms with Gasteiger partial charge in [0.2, 0.25) is 0 Å². The lowest BCUT2D eigenvalue weighted by Crippen LogP contribution is -2.27. The number of carbonyl (C=O) groups is 2. The molecule has 4 atom stereocenters. The highest BCUT2D eigenvalue weighted by atomic mass is 16.7. The van der Waals surface area contributed by atoms with Gasteiger partial charge in [-0.05, 0) is 106 Å². The van der Waals surface area contributed by atoms with Crippen molar-refractivity contribution >= 4 is 22.7 Å². The highest BCUT2D eigenvalue weighted by Gasteiger charge is 2.31. The average Bonchev–Trinajstić information content (AvgIpc) is 3.59. The number of carbonyl (C=O) groups excluding carboxylic acids is 2. The number of ether oxygens (including phenoxy) is 3. The molecule has 7 rings (SSSR count). The van der Waals surface area contributed by atoms with E-state index in [1.807, 2.05) is 67.6 Å². The third kappa shape index (κ3) is 9.29. The highest BCUT2D eigenvalue weighted by Crippen LogP contribution is 2.37. The number of aromatic hydroxyl groups is 1. The van der Waals surface area contributed by atoms with Crippen molar-refractivity contribution in [1.82, 2.24) is 0 Å². The van der Waals surface area contributed by atoms with Crippen LogP contribution in [0.1, 0.15) is 110 Å². The van der Waals surface area contributed by atoms with Crippen molar-refractivity contribution in [1.29, 1.82) is 0 Å². The van der Waals surface area contributed by atoms with E-state index < -0.39 is 0 Å². The number of phenols is 1.